The molecule has 2 aliphatic heterocycles. The van der Waals surface area contributed by atoms with Crippen LogP contribution in [0.2, 0.25) is 0 Å². The van der Waals surface area contributed by atoms with Gasteiger partial charge in [0.2, 0.25) is 11.8 Å². The fourth-order valence-corrected chi connectivity index (χ4v) is 3.34. The SMILES string of the molecule is CC(C)[C@H]1NC(=O)[C@@H]2C[C@H](NCc3ccc(F)cc3F)CN2C1=O. The van der Waals surface area contributed by atoms with E-state index in [0.717, 1.165) is 6.07 Å². The number of rotatable bonds is 4. The van der Waals surface area contributed by atoms with Crippen molar-refractivity contribution >= 4 is 11.8 Å². The minimum atomic E-state index is -0.615. The van der Waals surface area contributed by atoms with Gasteiger partial charge in [0, 0.05) is 30.8 Å². The average Bonchev–Trinajstić information content (AvgIpc) is 2.95. The maximum Gasteiger partial charge on any atom is 0.246 e. The van der Waals surface area contributed by atoms with Crippen LogP contribution >= 0.6 is 0 Å². The molecule has 130 valence electrons. The summed E-state index contributed by atoms with van der Waals surface area (Å²) >= 11 is 0. The van der Waals surface area contributed by atoms with Gasteiger partial charge in [-0.1, -0.05) is 19.9 Å². The van der Waals surface area contributed by atoms with E-state index in [9.17, 15) is 18.4 Å². The predicted molar refractivity (Wildman–Crippen MR) is 83.9 cm³/mol. The van der Waals surface area contributed by atoms with Crippen LogP contribution in [0, 0.1) is 17.6 Å². The van der Waals surface area contributed by atoms with Crippen molar-refractivity contribution in [3.63, 3.8) is 0 Å². The minimum Gasteiger partial charge on any atom is -0.342 e. The highest BCUT2D eigenvalue weighted by Gasteiger charge is 2.46. The van der Waals surface area contributed by atoms with Crippen LogP contribution < -0.4 is 10.6 Å². The lowest BCUT2D eigenvalue weighted by Crippen LogP contribution is -2.62. The number of hydrogen-bond donors (Lipinski definition) is 2. The number of hydrogen-bond acceptors (Lipinski definition) is 3. The first-order chi connectivity index (χ1) is 11.4. The fourth-order valence-electron chi connectivity index (χ4n) is 3.34. The zero-order valence-electron chi connectivity index (χ0n) is 13.7. The number of carbonyl (C=O) groups excluding carboxylic acids is 2. The molecule has 24 heavy (non-hydrogen) atoms. The number of fused-ring (bicyclic) bond motifs is 1. The van der Waals surface area contributed by atoms with Crippen LogP contribution in [0.25, 0.3) is 0 Å². The summed E-state index contributed by atoms with van der Waals surface area (Å²) in [5.41, 5.74) is 0.358. The van der Waals surface area contributed by atoms with E-state index >= 15 is 0 Å². The van der Waals surface area contributed by atoms with Gasteiger partial charge in [0.05, 0.1) is 0 Å². The number of amides is 2. The van der Waals surface area contributed by atoms with Crippen LogP contribution in [0.15, 0.2) is 18.2 Å². The first-order valence-electron chi connectivity index (χ1n) is 8.15. The lowest BCUT2D eigenvalue weighted by Gasteiger charge is -2.36. The Bertz CT molecular complexity index is 665. The van der Waals surface area contributed by atoms with Gasteiger partial charge in [-0.25, -0.2) is 8.78 Å². The molecular weight excluding hydrogens is 316 g/mol. The molecule has 0 aliphatic carbocycles. The largest absolute Gasteiger partial charge is 0.342 e. The summed E-state index contributed by atoms with van der Waals surface area (Å²) in [6.45, 7) is 4.43. The molecule has 7 heteroatoms. The second-order valence-electron chi connectivity index (χ2n) is 6.79. The van der Waals surface area contributed by atoms with Gasteiger partial charge < -0.3 is 15.5 Å². The Hall–Kier alpha value is -2.02. The maximum absolute atomic E-state index is 13.7. The van der Waals surface area contributed by atoms with Crippen LogP contribution in [0.4, 0.5) is 8.78 Å². The van der Waals surface area contributed by atoms with E-state index in [0.29, 0.717) is 18.5 Å². The van der Waals surface area contributed by atoms with Gasteiger partial charge in [-0.05, 0) is 18.4 Å². The van der Waals surface area contributed by atoms with E-state index in [1.165, 1.54) is 12.1 Å². The summed E-state index contributed by atoms with van der Waals surface area (Å²) in [4.78, 5) is 26.3. The summed E-state index contributed by atoms with van der Waals surface area (Å²) < 4.78 is 26.6. The third-order valence-electron chi connectivity index (χ3n) is 4.71. The smallest absolute Gasteiger partial charge is 0.246 e. The molecule has 0 spiro atoms. The van der Waals surface area contributed by atoms with Gasteiger partial charge in [-0.3, -0.25) is 9.59 Å². The van der Waals surface area contributed by atoms with Gasteiger partial charge in [0.25, 0.3) is 0 Å². The van der Waals surface area contributed by atoms with Crippen molar-refractivity contribution in [3.8, 4) is 0 Å². The summed E-state index contributed by atoms with van der Waals surface area (Å²) in [6.07, 6.45) is 0.491. The second-order valence-corrected chi connectivity index (χ2v) is 6.79. The Kier molecular flexibility index (Phi) is 4.54. The summed E-state index contributed by atoms with van der Waals surface area (Å²) in [5.74, 6) is -1.39. The van der Waals surface area contributed by atoms with E-state index in [-0.39, 0.29) is 30.3 Å². The number of nitrogens with one attached hydrogen (secondary N) is 2. The lowest BCUT2D eigenvalue weighted by atomic mass is 9.98. The van der Waals surface area contributed by atoms with Crippen LogP contribution in [-0.4, -0.2) is 41.4 Å². The molecule has 2 saturated heterocycles. The molecule has 0 radical (unpaired) electrons. The van der Waals surface area contributed by atoms with E-state index in [4.69, 9.17) is 0 Å². The molecule has 2 aliphatic rings. The summed E-state index contributed by atoms with van der Waals surface area (Å²) in [7, 11) is 0. The van der Waals surface area contributed by atoms with Crippen LogP contribution in [0.5, 0.6) is 0 Å². The zero-order chi connectivity index (χ0) is 17.4. The van der Waals surface area contributed by atoms with E-state index in [1.54, 1.807) is 4.90 Å². The number of carbonyl (C=O) groups is 2. The van der Waals surface area contributed by atoms with Gasteiger partial charge >= 0.3 is 0 Å². The van der Waals surface area contributed by atoms with E-state index in [2.05, 4.69) is 10.6 Å². The van der Waals surface area contributed by atoms with E-state index in [1.807, 2.05) is 13.8 Å². The number of nitrogens with zero attached hydrogens (tertiary/aromatic N) is 1. The molecule has 3 rings (SSSR count). The fraction of sp³-hybridized carbons (Fsp3) is 0.529. The number of halogens is 2. The zero-order valence-corrected chi connectivity index (χ0v) is 13.7. The molecule has 2 N–H and O–H groups in total. The quantitative estimate of drug-likeness (QED) is 0.867. The average molecular weight is 337 g/mol. The van der Waals surface area contributed by atoms with Crippen LogP contribution in [0.3, 0.4) is 0 Å². The van der Waals surface area contributed by atoms with Gasteiger partial charge in [0.1, 0.15) is 23.7 Å². The highest BCUT2D eigenvalue weighted by Crippen LogP contribution is 2.25. The van der Waals surface area contributed by atoms with Crippen molar-refractivity contribution in [3.05, 3.63) is 35.4 Å². The molecule has 0 unspecified atom stereocenters. The van der Waals surface area contributed by atoms with Crippen molar-refractivity contribution < 1.29 is 18.4 Å². The first kappa shape index (κ1) is 16.8. The number of piperazine rings is 1. The molecule has 0 saturated carbocycles. The molecule has 0 aromatic heterocycles. The molecule has 2 heterocycles. The van der Waals surface area contributed by atoms with Crippen molar-refractivity contribution in [1.82, 2.24) is 15.5 Å². The highest BCUT2D eigenvalue weighted by molar-refractivity contribution is 5.97. The lowest BCUT2D eigenvalue weighted by molar-refractivity contribution is -0.148. The van der Waals surface area contributed by atoms with Crippen molar-refractivity contribution in [2.45, 2.75) is 44.9 Å². The molecule has 1 aromatic rings. The monoisotopic (exact) mass is 337 g/mol. The van der Waals surface area contributed by atoms with Gasteiger partial charge in [-0.15, -0.1) is 0 Å². The molecule has 2 fully saturated rings. The topological polar surface area (TPSA) is 61.4 Å². The summed E-state index contributed by atoms with van der Waals surface area (Å²) in [6, 6.07) is 2.40. The number of benzene rings is 1. The first-order valence-corrected chi connectivity index (χ1v) is 8.15. The third kappa shape index (κ3) is 3.13. The van der Waals surface area contributed by atoms with Crippen molar-refractivity contribution in [2.24, 2.45) is 5.92 Å². The Morgan fingerprint density at radius 2 is 2.08 bits per heavy atom. The standard InChI is InChI=1S/C17H21F2N3O2/c1-9(2)15-17(24)22-8-12(6-14(22)16(23)21-15)20-7-10-3-4-11(18)5-13(10)19/h3-5,9,12,14-15,20H,6-8H2,1-2H3,(H,21,23)/t12-,14-,15+/m0/s1. The van der Waals surface area contributed by atoms with E-state index < -0.39 is 23.7 Å². The Labute approximate surface area is 139 Å². The summed E-state index contributed by atoms with van der Waals surface area (Å²) in [5, 5.41) is 5.95. The molecule has 5 nitrogen and oxygen atoms in total. The maximum atomic E-state index is 13.7. The Morgan fingerprint density at radius 1 is 1.33 bits per heavy atom. The molecule has 1 aromatic carbocycles. The Balaban J connectivity index is 1.64. The normalized spacial score (nSPS) is 26.7. The Morgan fingerprint density at radius 3 is 2.75 bits per heavy atom. The van der Waals surface area contributed by atoms with Crippen LogP contribution in [0.1, 0.15) is 25.8 Å². The van der Waals surface area contributed by atoms with Crippen molar-refractivity contribution in [1.29, 1.82) is 0 Å². The molecule has 3 atom stereocenters. The highest BCUT2D eigenvalue weighted by atomic mass is 19.1. The van der Waals surface area contributed by atoms with Gasteiger partial charge in [-0.2, -0.15) is 0 Å². The van der Waals surface area contributed by atoms with Gasteiger partial charge in [0.15, 0.2) is 0 Å². The molecule has 0 bridgehead atoms. The predicted octanol–water partition coefficient (Wildman–Crippen LogP) is 1.18. The minimum absolute atomic E-state index is 0.0303. The second kappa shape index (κ2) is 6.47. The van der Waals surface area contributed by atoms with Crippen molar-refractivity contribution in [2.75, 3.05) is 6.54 Å². The molecule has 2 amide bonds. The third-order valence-corrected chi connectivity index (χ3v) is 4.71. The molecular formula is C17H21F2N3O2. The van der Waals surface area contributed by atoms with Crippen LogP contribution in [-0.2, 0) is 16.1 Å².